The van der Waals surface area contributed by atoms with Crippen molar-refractivity contribution in [2.24, 2.45) is 0 Å². The average Bonchev–Trinajstić information content (AvgIpc) is 3.24. The van der Waals surface area contributed by atoms with Gasteiger partial charge in [-0.3, -0.25) is 0 Å². The normalized spacial score (nSPS) is 19.0. The molecule has 0 bridgehead atoms. The zero-order chi connectivity index (χ0) is 17.8. The summed E-state index contributed by atoms with van der Waals surface area (Å²) in [7, 11) is -1.62. The first-order chi connectivity index (χ1) is 11.9. The number of nitrogens with zero attached hydrogens (tertiary/aromatic N) is 3. The minimum absolute atomic E-state index is 0.209. The highest BCUT2D eigenvalue weighted by Crippen LogP contribution is 2.36. The molecule has 1 aromatic carbocycles. The Morgan fingerprint density at radius 2 is 2.08 bits per heavy atom. The average molecular weight is 377 g/mol. The third-order valence-electron chi connectivity index (χ3n) is 4.80. The van der Waals surface area contributed by atoms with Crippen molar-refractivity contribution >= 4 is 37.4 Å². The fourth-order valence-corrected chi connectivity index (χ4v) is 6.37. The highest BCUT2D eigenvalue weighted by atomic mass is 32.2. The van der Waals surface area contributed by atoms with Crippen molar-refractivity contribution in [1.29, 1.82) is 0 Å². The fraction of sp³-hybridized carbons (Fsp3) is 0.353. The number of nitrogen functional groups attached to an aromatic ring is 1. The van der Waals surface area contributed by atoms with E-state index in [1.165, 1.54) is 3.97 Å². The molecule has 25 heavy (non-hydrogen) atoms. The van der Waals surface area contributed by atoms with E-state index in [0.29, 0.717) is 17.1 Å². The Bertz CT molecular complexity index is 1050. The molecule has 132 valence electrons. The maximum atomic E-state index is 13.2. The Kier molecular flexibility index (Phi) is 3.86. The van der Waals surface area contributed by atoms with Crippen LogP contribution >= 0.6 is 11.3 Å². The zero-order valence-corrected chi connectivity index (χ0v) is 15.8. The molecule has 0 amide bonds. The van der Waals surface area contributed by atoms with Gasteiger partial charge in [-0.25, -0.2) is 8.96 Å². The summed E-state index contributed by atoms with van der Waals surface area (Å²) in [5.41, 5.74) is 7.96. The van der Waals surface area contributed by atoms with E-state index in [9.17, 15) is 8.42 Å². The lowest BCUT2D eigenvalue weighted by atomic mass is 9.98. The van der Waals surface area contributed by atoms with Gasteiger partial charge >= 0.3 is 0 Å². The Hall–Kier alpha value is -1.90. The molecule has 1 aliphatic rings. The third kappa shape index (κ3) is 2.65. The van der Waals surface area contributed by atoms with E-state index in [2.05, 4.69) is 16.9 Å². The van der Waals surface area contributed by atoms with Crippen molar-refractivity contribution in [2.45, 2.75) is 23.5 Å². The SMILES string of the molecule is Cc1nc(N)sc1S(=O)(=O)n1cc(C2CCN(C)C2)c2ccccc21. The molecule has 1 saturated heterocycles. The van der Waals surface area contributed by atoms with Gasteiger partial charge in [0, 0.05) is 18.1 Å². The number of rotatable bonds is 3. The summed E-state index contributed by atoms with van der Waals surface area (Å²) >= 11 is 1.02. The van der Waals surface area contributed by atoms with Crippen LogP contribution in [0.5, 0.6) is 0 Å². The highest BCUT2D eigenvalue weighted by Gasteiger charge is 2.29. The predicted octanol–water partition coefficient (Wildman–Crippen LogP) is 2.64. The van der Waals surface area contributed by atoms with Crippen molar-refractivity contribution in [3.63, 3.8) is 0 Å². The number of para-hydroxylation sites is 1. The molecule has 2 N–H and O–H groups in total. The summed E-state index contributed by atoms with van der Waals surface area (Å²) in [4.78, 5) is 6.35. The van der Waals surface area contributed by atoms with E-state index >= 15 is 0 Å². The quantitative estimate of drug-likeness (QED) is 0.760. The number of likely N-dealkylation sites (N-methyl/N-ethyl adjacent to an activating group) is 1. The second-order valence-corrected chi connectivity index (χ2v) is 9.62. The van der Waals surface area contributed by atoms with Gasteiger partial charge in [0.25, 0.3) is 10.0 Å². The molecule has 4 rings (SSSR count). The van der Waals surface area contributed by atoms with Crippen LogP contribution in [0.15, 0.2) is 34.7 Å². The number of anilines is 1. The van der Waals surface area contributed by atoms with Crippen LogP contribution in [0, 0.1) is 6.92 Å². The predicted molar refractivity (Wildman–Crippen MR) is 101 cm³/mol. The van der Waals surface area contributed by atoms with Crippen molar-refractivity contribution in [3.05, 3.63) is 41.7 Å². The van der Waals surface area contributed by atoms with Gasteiger partial charge < -0.3 is 10.6 Å². The van der Waals surface area contributed by atoms with E-state index in [1.54, 1.807) is 13.1 Å². The Labute approximate surface area is 150 Å². The van der Waals surface area contributed by atoms with Gasteiger partial charge in [0.05, 0.1) is 11.2 Å². The molecule has 0 aliphatic carbocycles. The number of fused-ring (bicyclic) bond motifs is 1. The first kappa shape index (κ1) is 16.6. The first-order valence-electron chi connectivity index (χ1n) is 8.15. The molecule has 0 radical (unpaired) electrons. The van der Waals surface area contributed by atoms with Crippen LogP contribution in [-0.4, -0.2) is 42.4 Å². The Morgan fingerprint density at radius 3 is 2.72 bits per heavy atom. The molecule has 3 heterocycles. The topological polar surface area (TPSA) is 81.2 Å². The zero-order valence-electron chi connectivity index (χ0n) is 14.1. The van der Waals surface area contributed by atoms with Crippen molar-refractivity contribution in [1.82, 2.24) is 13.9 Å². The van der Waals surface area contributed by atoms with Crippen molar-refractivity contribution < 1.29 is 8.42 Å². The van der Waals surface area contributed by atoms with Gasteiger partial charge in [-0.2, -0.15) is 8.42 Å². The number of hydrogen-bond donors (Lipinski definition) is 1. The third-order valence-corrected chi connectivity index (χ3v) is 8.05. The van der Waals surface area contributed by atoms with Gasteiger partial charge in [-0.1, -0.05) is 29.5 Å². The van der Waals surface area contributed by atoms with E-state index in [-0.39, 0.29) is 9.34 Å². The number of aryl methyl sites for hydroxylation is 1. The summed E-state index contributed by atoms with van der Waals surface area (Å²) in [5.74, 6) is 0.346. The molecule has 8 heteroatoms. The Morgan fingerprint density at radius 1 is 1.32 bits per heavy atom. The number of benzene rings is 1. The van der Waals surface area contributed by atoms with Crippen LogP contribution in [-0.2, 0) is 10.0 Å². The standard InChI is InChI=1S/C17H20N4O2S2/c1-11-16(24-17(18)19-11)25(22,23)21-10-14(12-7-8-20(2)9-12)13-5-3-4-6-15(13)21/h3-6,10,12H,7-9H2,1-2H3,(H2,18,19). The number of likely N-dealkylation sites (tertiary alicyclic amines) is 1. The molecule has 2 aromatic heterocycles. The van der Waals surface area contributed by atoms with Crippen LogP contribution in [0.4, 0.5) is 5.13 Å². The van der Waals surface area contributed by atoms with Gasteiger partial charge in [-0.05, 0) is 44.5 Å². The van der Waals surface area contributed by atoms with Crippen molar-refractivity contribution in [3.8, 4) is 0 Å². The number of aromatic nitrogens is 2. The molecule has 1 atom stereocenters. The molecule has 1 aliphatic heterocycles. The van der Waals surface area contributed by atoms with E-state index in [4.69, 9.17) is 5.73 Å². The lowest BCUT2D eigenvalue weighted by Gasteiger charge is -2.09. The van der Waals surface area contributed by atoms with Gasteiger partial charge in [-0.15, -0.1) is 0 Å². The van der Waals surface area contributed by atoms with Crippen LogP contribution in [0.25, 0.3) is 10.9 Å². The van der Waals surface area contributed by atoms with Crippen LogP contribution in [0.1, 0.15) is 23.6 Å². The smallest absolute Gasteiger partial charge is 0.279 e. The summed E-state index contributed by atoms with van der Waals surface area (Å²) in [6.07, 6.45) is 2.83. The lowest BCUT2D eigenvalue weighted by Crippen LogP contribution is -2.13. The Balaban J connectivity index is 1.92. The van der Waals surface area contributed by atoms with Gasteiger partial charge in [0.15, 0.2) is 9.34 Å². The maximum absolute atomic E-state index is 13.2. The van der Waals surface area contributed by atoms with Gasteiger partial charge in [0.2, 0.25) is 0 Å². The second-order valence-electron chi connectivity index (χ2n) is 6.58. The van der Waals surface area contributed by atoms with Crippen LogP contribution in [0.3, 0.4) is 0 Å². The summed E-state index contributed by atoms with van der Waals surface area (Å²) < 4.78 is 28.1. The second kappa shape index (κ2) is 5.82. The fourth-order valence-electron chi connectivity index (χ4n) is 3.62. The molecule has 0 spiro atoms. The summed E-state index contributed by atoms with van der Waals surface area (Å²) in [6.45, 7) is 3.65. The molecular weight excluding hydrogens is 356 g/mol. The molecule has 0 saturated carbocycles. The first-order valence-corrected chi connectivity index (χ1v) is 10.4. The number of nitrogens with two attached hydrogens (primary N) is 1. The highest BCUT2D eigenvalue weighted by molar-refractivity contribution is 7.92. The van der Waals surface area contributed by atoms with E-state index < -0.39 is 10.0 Å². The largest absolute Gasteiger partial charge is 0.375 e. The van der Waals surface area contributed by atoms with Crippen LogP contribution < -0.4 is 5.73 Å². The lowest BCUT2D eigenvalue weighted by molar-refractivity contribution is 0.412. The van der Waals surface area contributed by atoms with Crippen LogP contribution in [0.2, 0.25) is 0 Å². The number of hydrogen-bond acceptors (Lipinski definition) is 6. The minimum atomic E-state index is -3.72. The van der Waals surface area contributed by atoms with E-state index in [1.807, 2.05) is 24.3 Å². The molecule has 6 nitrogen and oxygen atoms in total. The number of thiazole rings is 1. The maximum Gasteiger partial charge on any atom is 0.279 e. The summed E-state index contributed by atoms with van der Waals surface area (Å²) in [5, 5.41) is 1.27. The monoisotopic (exact) mass is 376 g/mol. The molecule has 3 aromatic rings. The molecule has 1 unspecified atom stereocenters. The van der Waals surface area contributed by atoms with Gasteiger partial charge in [0.1, 0.15) is 0 Å². The molecular formula is C17H20N4O2S2. The minimum Gasteiger partial charge on any atom is -0.375 e. The van der Waals surface area contributed by atoms with E-state index in [0.717, 1.165) is 41.8 Å². The van der Waals surface area contributed by atoms with Crippen molar-refractivity contribution in [2.75, 3.05) is 25.9 Å². The molecule has 1 fully saturated rings. The summed E-state index contributed by atoms with van der Waals surface area (Å²) in [6, 6.07) is 7.68.